The summed E-state index contributed by atoms with van der Waals surface area (Å²) in [5.74, 6) is -2.04. The Kier molecular flexibility index (Phi) is 6.78. The minimum absolute atomic E-state index is 0.190. The van der Waals surface area contributed by atoms with Crippen LogP contribution in [0.15, 0.2) is 46.1 Å². The Morgan fingerprint density at radius 3 is 2.73 bits per heavy atom. The zero-order valence-electron chi connectivity index (χ0n) is 16.1. The summed E-state index contributed by atoms with van der Waals surface area (Å²) in [6.07, 6.45) is 1.54. The molecule has 10 heteroatoms. The number of hydrogen-bond acceptors (Lipinski definition) is 7. The SMILES string of the molecule is Cc1noc(C)c1CSc1ncccc1C(=O)OCC(=O)Nc1ccc(F)cc1F. The van der Waals surface area contributed by atoms with Crippen molar-refractivity contribution < 1.29 is 27.6 Å². The number of halogens is 2. The Morgan fingerprint density at radius 1 is 1.23 bits per heavy atom. The first-order valence-corrected chi connectivity index (χ1v) is 9.75. The molecule has 3 aromatic rings. The Labute approximate surface area is 174 Å². The highest BCUT2D eigenvalue weighted by atomic mass is 32.2. The third-order valence-electron chi connectivity index (χ3n) is 4.07. The molecule has 3 rings (SSSR count). The lowest BCUT2D eigenvalue weighted by atomic mass is 10.2. The molecular weight excluding hydrogens is 416 g/mol. The van der Waals surface area contributed by atoms with E-state index in [-0.39, 0.29) is 11.3 Å². The van der Waals surface area contributed by atoms with Crippen LogP contribution in [0.5, 0.6) is 0 Å². The van der Waals surface area contributed by atoms with Gasteiger partial charge in [0.05, 0.1) is 16.9 Å². The number of amides is 1. The summed E-state index contributed by atoms with van der Waals surface area (Å²) < 4.78 is 36.7. The molecule has 1 amide bonds. The van der Waals surface area contributed by atoms with Gasteiger partial charge < -0.3 is 14.6 Å². The lowest BCUT2D eigenvalue weighted by Gasteiger charge is -2.09. The second-order valence-electron chi connectivity index (χ2n) is 6.20. The van der Waals surface area contributed by atoms with Crippen LogP contribution < -0.4 is 5.32 Å². The quantitative estimate of drug-likeness (QED) is 0.444. The van der Waals surface area contributed by atoms with Crippen molar-refractivity contribution >= 4 is 29.3 Å². The van der Waals surface area contributed by atoms with Gasteiger partial charge in [0.15, 0.2) is 6.61 Å². The number of esters is 1. The van der Waals surface area contributed by atoms with Crippen molar-refractivity contribution in [2.24, 2.45) is 0 Å². The van der Waals surface area contributed by atoms with E-state index in [1.165, 1.54) is 24.0 Å². The van der Waals surface area contributed by atoms with E-state index in [4.69, 9.17) is 9.26 Å². The molecule has 30 heavy (non-hydrogen) atoms. The number of ether oxygens (including phenoxy) is 1. The third kappa shape index (κ3) is 5.20. The van der Waals surface area contributed by atoms with Crippen molar-refractivity contribution in [3.05, 3.63) is 70.7 Å². The van der Waals surface area contributed by atoms with Gasteiger partial charge in [-0.05, 0) is 38.1 Å². The second-order valence-corrected chi connectivity index (χ2v) is 7.16. The second kappa shape index (κ2) is 9.49. The number of aryl methyl sites for hydroxylation is 2. The van der Waals surface area contributed by atoms with Gasteiger partial charge in [0.1, 0.15) is 22.4 Å². The van der Waals surface area contributed by atoms with Crippen molar-refractivity contribution in [1.29, 1.82) is 0 Å². The highest BCUT2D eigenvalue weighted by molar-refractivity contribution is 7.98. The van der Waals surface area contributed by atoms with Gasteiger partial charge in [-0.15, -0.1) is 11.8 Å². The maximum absolute atomic E-state index is 13.6. The van der Waals surface area contributed by atoms with E-state index in [1.54, 1.807) is 13.0 Å². The Morgan fingerprint density at radius 2 is 2.03 bits per heavy atom. The highest BCUT2D eigenvalue weighted by Gasteiger charge is 2.18. The van der Waals surface area contributed by atoms with Crippen molar-refractivity contribution in [1.82, 2.24) is 10.1 Å². The molecule has 0 spiro atoms. The van der Waals surface area contributed by atoms with Crippen molar-refractivity contribution in [3.8, 4) is 0 Å². The van der Waals surface area contributed by atoms with Crippen LogP contribution in [0.1, 0.15) is 27.4 Å². The van der Waals surface area contributed by atoms with Crippen LogP contribution in [-0.2, 0) is 15.3 Å². The van der Waals surface area contributed by atoms with E-state index in [9.17, 15) is 18.4 Å². The largest absolute Gasteiger partial charge is 0.452 e. The Balaban J connectivity index is 1.61. The van der Waals surface area contributed by atoms with Crippen LogP contribution in [-0.4, -0.2) is 28.6 Å². The molecule has 0 unspecified atom stereocenters. The van der Waals surface area contributed by atoms with Crippen LogP contribution in [0.2, 0.25) is 0 Å². The highest BCUT2D eigenvalue weighted by Crippen LogP contribution is 2.27. The molecule has 0 atom stereocenters. The minimum atomic E-state index is -0.931. The van der Waals surface area contributed by atoms with Crippen LogP contribution in [0.4, 0.5) is 14.5 Å². The summed E-state index contributed by atoms with van der Waals surface area (Å²) >= 11 is 1.30. The van der Waals surface area contributed by atoms with Gasteiger partial charge in [0.2, 0.25) is 0 Å². The van der Waals surface area contributed by atoms with Crippen molar-refractivity contribution in [2.75, 3.05) is 11.9 Å². The summed E-state index contributed by atoms with van der Waals surface area (Å²) in [5.41, 5.74) is 1.64. The molecular formula is C20H17F2N3O4S. The number of benzene rings is 1. The van der Waals surface area contributed by atoms with E-state index in [1.807, 2.05) is 6.92 Å². The van der Waals surface area contributed by atoms with Crippen molar-refractivity contribution in [2.45, 2.75) is 24.6 Å². The first-order valence-electron chi connectivity index (χ1n) is 8.76. The average Bonchev–Trinajstić information content (AvgIpc) is 3.04. The number of nitrogens with zero attached hydrogens (tertiary/aromatic N) is 2. The van der Waals surface area contributed by atoms with Gasteiger partial charge in [-0.1, -0.05) is 5.16 Å². The molecule has 0 aliphatic rings. The first-order chi connectivity index (χ1) is 14.3. The molecule has 0 aliphatic heterocycles. The smallest absolute Gasteiger partial charge is 0.341 e. The summed E-state index contributed by atoms with van der Waals surface area (Å²) in [6, 6.07) is 5.82. The minimum Gasteiger partial charge on any atom is -0.452 e. The summed E-state index contributed by atoms with van der Waals surface area (Å²) in [7, 11) is 0. The predicted octanol–water partition coefficient (Wildman–Crippen LogP) is 4.05. The number of thioether (sulfide) groups is 1. The van der Waals surface area contributed by atoms with E-state index in [0.29, 0.717) is 22.6 Å². The number of pyridine rings is 1. The van der Waals surface area contributed by atoms with Gasteiger partial charge in [-0.2, -0.15) is 0 Å². The third-order valence-corrected chi connectivity index (χ3v) is 5.10. The molecule has 2 heterocycles. The van der Waals surface area contributed by atoms with Crippen LogP contribution in [0.3, 0.4) is 0 Å². The lowest BCUT2D eigenvalue weighted by Crippen LogP contribution is -2.21. The summed E-state index contributed by atoms with van der Waals surface area (Å²) in [5, 5.41) is 6.53. The number of carbonyl (C=O) groups excluding carboxylic acids is 2. The molecule has 0 saturated carbocycles. The van der Waals surface area contributed by atoms with Gasteiger partial charge in [-0.3, -0.25) is 4.79 Å². The zero-order chi connectivity index (χ0) is 21.7. The van der Waals surface area contributed by atoms with E-state index in [2.05, 4.69) is 15.5 Å². The van der Waals surface area contributed by atoms with Gasteiger partial charge in [-0.25, -0.2) is 18.6 Å². The molecule has 0 aliphatic carbocycles. The van der Waals surface area contributed by atoms with E-state index < -0.39 is 30.1 Å². The number of hydrogen-bond donors (Lipinski definition) is 1. The number of rotatable bonds is 7. The number of aromatic nitrogens is 2. The maximum atomic E-state index is 13.6. The molecule has 156 valence electrons. The van der Waals surface area contributed by atoms with Crippen LogP contribution >= 0.6 is 11.8 Å². The molecule has 2 aromatic heterocycles. The molecule has 0 fully saturated rings. The molecule has 7 nitrogen and oxygen atoms in total. The average molecular weight is 433 g/mol. The molecule has 0 radical (unpaired) electrons. The monoisotopic (exact) mass is 433 g/mol. The normalized spacial score (nSPS) is 10.7. The Bertz CT molecular complexity index is 1070. The summed E-state index contributed by atoms with van der Waals surface area (Å²) in [4.78, 5) is 28.6. The van der Waals surface area contributed by atoms with Crippen LogP contribution in [0.25, 0.3) is 0 Å². The van der Waals surface area contributed by atoms with E-state index in [0.717, 1.165) is 23.4 Å². The number of carbonyl (C=O) groups is 2. The van der Waals surface area contributed by atoms with Crippen molar-refractivity contribution in [3.63, 3.8) is 0 Å². The Hall–Kier alpha value is -3.27. The molecule has 0 bridgehead atoms. The topological polar surface area (TPSA) is 94.3 Å². The first kappa shape index (κ1) is 21.4. The summed E-state index contributed by atoms with van der Waals surface area (Å²) in [6.45, 7) is 2.98. The molecule has 1 N–H and O–H groups in total. The fourth-order valence-corrected chi connectivity index (χ4v) is 3.63. The molecule has 1 aromatic carbocycles. The fraction of sp³-hybridized carbons (Fsp3) is 0.200. The maximum Gasteiger partial charge on any atom is 0.341 e. The number of anilines is 1. The standard InChI is InChI=1S/C20H17F2N3O4S/c1-11-15(12(2)29-25-11)10-30-19-14(4-3-7-23-19)20(27)28-9-18(26)24-17-6-5-13(21)8-16(17)22/h3-8H,9-10H2,1-2H3,(H,24,26). The lowest BCUT2D eigenvalue weighted by molar-refractivity contribution is -0.119. The molecule has 0 saturated heterocycles. The fourth-order valence-electron chi connectivity index (χ4n) is 2.50. The number of nitrogens with one attached hydrogen (secondary N) is 1. The predicted molar refractivity (Wildman–Crippen MR) is 105 cm³/mol. The van der Waals surface area contributed by atoms with E-state index >= 15 is 0 Å². The zero-order valence-corrected chi connectivity index (χ0v) is 16.9. The van der Waals surface area contributed by atoms with Crippen LogP contribution in [0, 0.1) is 25.5 Å². The van der Waals surface area contributed by atoms with Gasteiger partial charge >= 0.3 is 5.97 Å². The van der Waals surface area contributed by atoms with Gasteiger partial charge in [0, 0.05) is 23.6 Å². The van der Waals surface area contributed by atoms with Gasteiger partial charge in [0.25, 0.3) is 5.91 Å².